The third-order valence-corrected chi connectivity index (χ3v) is 8.38. The molecule has 1 aliphatic heterocycles. The van der Waals surface area contributed by atoms with Gasteiger partial charge in [0.1, 0.15) is 5.75 Å². The molecule has 0 radical (unpaired) electrons. The van der Waals surface area contributed by atoms with Crippen LogP contribution in [0.1, 0.15) is 32.6 Å². The van der Waals surface area contributed by atoms with E-state index in [1.807, 2.05) is 31.2 Å². The summed E-state index contributed by atoms with van der Waals surface area (Å²) in [5, 5.41) is 12.8. The summed E-state index contributed by atoms with van der Waals surface area (Å²) < 4.78 is 33.3. The summed E-state index contributed by atoms with van der Waals surface area (Å²) in [5.41, 5.74) is -0.729. The standard InChI is InChI=1S/C21H27NO4S/c1-3-21(23)10-4-5-17-13-22(14-20(17)21)27(24,25)19-9-7-15-11-18(26-2)8-6-16(15)12-19/h6-9,11-12,17,20,23H,3-5,10,13-14H2,1-2H3/t17-,20+,21-/m1/s1. The van der Waals surface area contributed by atoms with E-state index in [0.29, 0.717) is 24.4 Å². The predicted molar refractivity (Wildman–Crippen MR) is 105 cm³/mol. The molecule has 146 valence electrons. The van der Waals surface area contributed by atoms with Crippen LogP contribution in [0.5, 0.6) is 5.75 Å². The van der Waals surface area contributed by atoms with Gasteiger partial charge < -0.3 is 9.84 Å². The topological polar surface area (TPSA) is 66.8 Å². The largest absolute Gasteiger partial charge is 0.497 e. The molecule has 1 N–H and O–H groups in total. The molecule has 27 heavy (non-hydrogen) atoms. The van der Waals surface area contributed by atoms with Crippen molar-refractivity contribution in [2.45, 2.75) is 43.1 Å². The molecular weight excluding hydrogens is 362 g/mol. The highest BCUT2D eigenvalue weighted by Gasteiger charge is 2.50. The molecule has 2 aliphatic rings. The summed E-state index contributed by atoms with van der Waals surface area (Å²) in [6, 6.07) is 10.9. The molecule has 0 bridgehead atoms. The van der Waals surface area contributed by atoms with Crippen LogP contribution < -0.4 is 4.74 Å². The van der Waals surface area contributed by atoms with Gasteiger partial charge in [0.2, 0.25) is 10.0 Å². The molecule has 3 atom stereocenters. The molecule has 2 aromatic rings. The Morgan fingerprint density at radius 3 is 2.67 bits per heavy atom. The second-order valence-electron chi connectivity index (χ2n) is 7.91. The number of benzene rings is 2. The number of rotatable bonds is 4. The summed E-state index contributed by atoms with van der Waals surface area (Å²) in [6.07, 6.45) is 3.42. The maximum absolute atomic E-state index is 13.3. The van der Waals surface area contributed by atoms with E-state index in [0.717, 1.165) is 35.8 Å². The van der Waals surface area contributed by atoms with Gasteiger partial charge in [0.25, 0.3) is 0 Å². The Labute approximate surface area is 161 Å². The first-order chi connectivity index (χ1) is 12.9. The van der Waals surface area contributed by atoms with Crippen LogP contribution in [0, 0.1) is 11.8 Å². The Morgan fingerprint density at radius 2 is 1.93 bits per heavy atom. The van der Waals surface area contributed by atoms with Gasteiger partial charge in [-0.15, -0.1) is 0 Å². The maximum Gasteiger partial charge on any atom is 0.243 e. The minimum absolute atomic E-state index is 0.0377. The van der Waals surface area contributed by atoms with Crippen LogP contribution >= 0.6 is 0 Å². The second-order valence-corrected chi connectivity index (χ2v) is 9.85. The van der Waals surface area contributed by atoms with Crippen LogP contribution in [0.3, 0.4) is 0 Å². The smallest absolute Gasteiger partial charge is 0.243 e. The van der Waals surface area contributed by atoms with Crippen molar-refractivity contribution in [2.24, 2.45) is 11.8 Å². The van der Waals surface area contributed by atoms with E-state index in [4.69, 9.17) is 4.74 Å². The van der Waals surface area contributed by atoms with Crippen molar-refractivity contribution in [3.05, 3.63) is 36.4 Å². The highest BCUT2D eigenvalue weighted by molar-refractivity contribution is 7.89. The Kier molecular flexibility index (Phi) is 4.69. The van der Waals surface area contributed by atoms with Crippen LogP contribution in [-0.4, -0.2) is 43.6 Å². The Bertz CT molecular complexity index is 958. The van der Waals surface area contributed by atoms with E-state index >= 15 is 0 Å². The van der Waals surface area contributed by atoms with Gasteiger partial charge in [-0.3, -0.25) is 0 Å². The molecule has 0 unspecified atom stereocenters. The molecule has 1 heterocycles. The van der Waals surface area contributed by atoms with Crippen molar-refractivity contribution in [1.29, 1.82) is 0 Å². The maximum atomic E-state index is 13.3. The fourth-order valence-electron chi connectivity index (χ4n) is 4.86. The van der Waals surface area contributed by atoms with Gasteiger partial charge in [0.15, 0.2) is 0 Å². The Morgan fingerprint density at radius 1 is 1.19 bits per heavy atom. The lowest BCUT2D eigenvalue weighted by molar-refractivity contribution is -0.0605. The third-order valence-electron chi connectivity index (χ3n) is 6.55. The molecule has 0 aromatic heterocycles. The molecule has 2 aromatic carbocycles. The number of fused-ring (bicyclic) bond motifs is 2. The summed E-state index contributed by atoms with van der Waals surface area (Å²) in [6.45, 7) is 2.92. The van der Waals surface area contributed by atoms with Crippen molar-refractivity contribution in [3.63, 3.8) is 0 Å². The lowest BCUT2D eigenvalue weighted by Crippen LogP contribution is -2.44. The van der Waals surface area contributed by atoms with E-state index in [9.17, 15) is 13.5 Å². The van der Waals surface area contributed by atoms with E-state index in [1.165, 1.54) is 0 Å². The zero-order valence-corrected chi connectivity index (χ0v) is 16.7. The number of sulfonamides is 1. The summed E-state index contributed by atoms with van der Waals surface area (Å²) >= 11 is 0. The monoisotopic (exact) mass is 389 g/mol. The minimum Gasteiger partial charge on any atom is -0.497 e. The minimum atomic E-state index is -3.57. The number of ether oxygens (including phenoxy) is 1. The SMILES string of the molecule is CC[C@@]1(O)CCC[C@@H]2CN(S(=O)(=O)c3ccc4cc(OC)ccc4c3)C[C@@H]21. The quantitative estimate of drug-likeness (QED) is 0.870. The average molecular weight is 390 g/mol. The van der Waals surface area contributed by atoms with Crippen LogP contribution in [0.15, 0.2) is 41.3 Å². The zero-order chi connectivity index (χ0) is 19.2. The van der Waals surface area contributed by atoms with Crippen molar-refractivity contribution >= 4 is 20.8 Å². The van der Waals surface area contributed by atoms with Gasteiger partial charge in [-0.05, 0) is 60.2 Å². The molecule has 1 aliphatic carbocycles. The summed E-state index contributed by atoms with van der Waals surface area (Å²) in [7, 11) is -1.96. The van der Waals surface area contributed by atoms with Crippen molar-refractivity contribution in [1.82, 2.24) is 4.31 Å². The van der Waals surface area contributed by atoms with Gasteiger partial charge in [-0.2, -0.15) is 4.31 Å². The van der Waals surface area contributed by atoms with E-state index < -0.39 is 15.6 Å². The van der Waals surface area contributed by atoms with Crippen LogP contribution in [0.2, 0.25) is 0 Å². The Balaban J connectivity index is 1.65. The molecule has 1 saturated carbocycles. The number of methoxy groups -OCH3 is 1. The van der Waals surface area contributed by atoms with Gasteiger partial charge in [-0.25, -0.2) is 8.42 Å². The van der Waals surface area contributed by atoms with Crippen molar-refractivity contribution < 1.29 is 18.3 Å². The molecular formula is C21H27NO4S. The first kappa shape index (κ1) is 18.7. The van der Waals surface area contributed by atoms with E-state index in [-0.39, 0.29) is 11.8 Å². The molecule has 1 saturated heterocycles. The fraction of sp³-hybridized carbons (Fsp3) is 0.524. The number of aliphatic hydroxyl groups is 1. The second kappa shape index (κ2) is 6.76. The summed E-state index contributed by atoms with van der Waals surface area (Å²) in [4.78, 5) is 0.318. The Hall–Kier alpha value is -1.63. The predicted octanol–water partition coefficient (Wildman–Crippen LogP) is 3.41. The highest BCUT2D eigenvalue weighted by Crippen LogP contribution is 2.45. The fourth-order valence-corrected chi connectivity index (χ4v) is 6.42. The van der Waals surface area contributed by atoms with Crippen LogP contribution in [-0.2, 0) is 10.0 Å². The molecule has 6 heteroatoms. The van der Waals surface area contributed by atoms with E-state index in [2.05, 4.69) is 0 Å². The number of hydrogen-bond acceptors (Lipinski definition) is 4. The number of nitrogens with zero attached hydrogens (tertiary/aromatic N) is 1. The number of hydrogen-bond donors (Lipinski definition) is 1. The molecule has 5 nitrogen and oxygen atoms in total. The lowest BCUT2D eigenvalue weighted by Gasteiger charge is -2.40. The van der Waals surface area contributed by atoms with Crippen molar-refractivity contribution in [3.8, 4) is 5.75 Å². The first-order valence-electron chi connectivity index (χ1n) is 9.68. The molecule has 0 spiro atoms. The first-order valence-corrected chi connectivity index (χ1v) is 11.1. The molecule has 4 rings (SSSR count). The van der Waals surface area contributed by atoms with Crippen LogP contribution in [0.4, 0.5) is 0 Å². The highest BCUT2D eigenvalue weighted by atomic mass is 32.2. The van der Waals surface area contributed by atoms with Crippen molar-refractivity contribution in [2.75, 3.05) is 20.2 Å². The van der Waals surface area contributed by atoms with Gasteiger partial charge in [0, 0.05) is 19.0 Å². The zero-order valence-electron chi connectivity index (χ0n) is 15.9. The third kappa shape index (κ3) is 3.13. The lowest BCUT2D eigenvalue weighted by atomic mass is 9.69. The van der Waals surface area contributed by atoms with Crippen LogP contribution in [0.25, 0.3) is 10.8 Å². The normalized spacial score (nSPS) is 29.0. The van der Waals surface area contributed by atoms with Gasteiger partial charge in [-0.1, -0.05) is 25.5 Å². The molecule has 0 amide bonds. The average Bonchev–Trinajstić information content (AvgIpc) is 3.14. The molecule has 2 fully saturated rings. The van der Waals surface area contributed by atoms with Gasteiger partial charge >= 0.3 is 0 Å². The summed E-state index contributed by atoms with van der Waals surface area (Å²) in [5.74, 6) is 1.04. The van der Waals surface area contributed by atoms with Gasteiger partial charge in [0.05, 0.1) is 17.6 Å². The van der Waals surface area contributed by atoms with E-state index in [1.54, 1.807) is 23.5 Å².